The van der Waals surface area contributed by atoms with Gasteiger partial charge in [-0.15, -0.1) is 0 Å². The molecule has 2 aromatic rings. The molecule has 0 aliphatic carbocycles. The van der Waals surface area contributed by atoms with Gasteiger partial charge in [-0.05, 0) is 44.2 Å². The van der Waals surface area contributed by atoms with E-state index in [4.69, 9.17) is 9.47 Å². The first-order valence-electron chi connectivity index (χ1n) is 7.20. The van der Waals surface area contributed by atoms with E-state index in [0.717, 1.165) is 5.69 Å². The third-order valence-electron chi connectivity index (χ3n) is 3.54. The number of rotatable bonds is 3. The number of amides is 1. The standard InChI is InChI=1S/C17H18N2O3/c1-17(2,15-5-3-4-8-18-15)19-16(20)12-6-7-13-14(11-12)22-10-9-21-13/h3-8,11H,9-10H2,1-2H3,(H,19,20). The van der Waals surface area contributed by atoms with Gasteiger partial charge in [0.25, 0.3) is 5.91 Å². The van der Waals surface area contributed by atoms with E-state index in [1.807, 2.05) is 32.0 Å². The zero-order valence-electron chi connectivity index (χ0n) is 12.6. The predicted octanol–water partition coefficient (Wildman–Crippen LogP) is 2.52. The van der Waals surface area contributed by atoms with Crippen molar-refractivity contribution in [3.8, 4) is 11.5 Å². The Hall–Kier alpha value is -2.56. The monoisotopic (exact) mass is 298 g/mol. The van der Waals surface area contributed by atoms with Gasteiger partial charge in [0.15, 0.2) is 11.5 Å². The van der Waals surface area contributed by atoms with Gasteiger partial charge in [0, 0.05) is 11.8 Å². The van der Waals surface area contributed by atoms with Crippen LogP contribution in [0.2, 0.25) is 0 Å². The lowest BCUT2D eigenvalue weighted by Crippen LogP contribution is -2.41. The topological polar surface area (TPSA) is 60.5 Å². The molecule has 0 radical (unpaired) electrons. The summed E-state index contributed by atoms with van der Waals surface area (Å²) in [5, 5.41) is 3.00. The number of ether oxygens (including phenoxy) is 2. The molecule has 3 rings (SSSR count). The van der Waals surface area contributed by atoms with Crippen molar-refractivity contribution < 1.29 is 14.3 Å². The lowest BCUT2D eigenvalue weighted by Gasteiger charge is -2.26. The first kappa shape index (κ1) is 14.4. The Morgan fingerprint density at radius 2 is 1.91 bits per heavy atom. The normalized spacial score (nSPS) is 13.5. The van der Waals surface area contributed by atoms with Crippen LogP contribution in [0.15, 0.2) is 42.6 Å². The number of carbonyl (C=O) groups excluding carboxylic acids is 1. The maximum atomic E-state index is 12.5. The smallest absolute Gasteiger partial charge is 0.252 e. The van der Waals surface area contributed by atoms with Crippen LogP contribution in [0.1, 0.15) is 29.9 Å². The molecule has 2 heterocycles. The Morgan fingerprint density at radius 3 is 2.64 bits per heavy atom. The summed E-state index contributed by atoms with van der Waals surface area (Å²) in [5.74, 6) is 1.11. The third-order valence-corrected chi connectivity index (χ3v) is 3.54. The summed E-state index contributed by atoms with van der Waals surface area (Å²) in [6, 6.07) is 10.8. The predicted molar refractivity (Wildman–Crippen MR) is 82.2 cm³/mol. The summed E-state index contributed by atoms with van der Waals surface area (Å²) in [5.41, 5.74) is 0.778. The Morgan fingerprint density at radius 1 is 1.14 bits per heavy atom. The summed E-state index contributed by atoms with van der Waals surface area (Å²) in [7, 11) is 0. The minimum absolute atomic E-state index is 0.173. The van der Waals surface area contributed by atoms with Gasteiger partial charge in [0.1, 0.15) is 13.2 Å². The van der Waals surface area contributed by atoms with Crippen molar-refractivity contribution >= 4 is 5.91 Å². The summed E-state index contributed by atoms with van der Waals surface area (Å²) in [6.45, 7) is 4.87. The highest BCUT2D eigenvalue weighted by atomic mass is 16.6. The summed E-state index contributed by atoms with van der Waals surface area (Å²) in [4.78, 5) is 16.8. The maximum Gasteiger partial charge on any atom is 0.252 e. The van der Waals surface area contributed by atoms with Gasteiger partial charge in [-0.2, -0.15) is 0 Å². The van der Waals surface area contributed by atoms with Crippen molar-refractivity contribution in [2.45, 2.75) is 19.4 Å². The number of benzene rings is 1. The first-order valence-corrected chi connectivity index (χ1v) is 7.20. The van der Waals surface area contributed by atoms with Crippen molar-refractivity contribution in [3.05, 3.63) is 53.9 Å². The second-order valence-corrected chi connectivity index (χ2v) is 5.65. The van der Waals surface area contributed by atoms with Crippen LogP contribution >= 0.6 is 0 Å². The molecule has 1 aliphatic heterocycles. The average Bonchev–Trinajstić information content (AvgIpc) is 2.55. The molecule has 22 heavy (non-hydrogen) atoms. The van der Waals surface area contributed by atoms with Crippen molar-refractivity contribution in [1.29, 1.82) is 0 Å². The molecular weight excluding hydrogens is 280 g/mol. The number of carbonyl (C=O) groups is 1. The fraction of sp³-hybridized carbons (Fsp3) is 0.294. The molecule has 0 saturated carbocycles. The van der Waals surface area contributed by atoms with Gasteiger partial charge in [-0.25, -0.2) is 0 Å². The second-order valence-electron chi connectivity index (χ2n) is 5.65. The number of nitrogens with one attached hydrogen (secondary N) is 1. The summed E-state index contributed by atoms with van der Waals surface area (Å²) in [6.07, 6.45) is 1.72. The van der Waals surface area contributed by atoms with Gasteiger partial charge in [-0.3, -0.25) is 9.78 Å². The van der Waals surface area contributed by atoms with Gasteiger partial charge in [0.2, 0.25) is 0 Å². The first-order chi connectivity index (χ1) is 10.6. The molecule has 1 amide bonds. The highest BCUT2D eigenvalue weighted by Crippen LogP contribution is 2.31. The van der Waals surface area contributed by atoms with Crippen LogP contribution in [0.4, 0.5) is 0 Å². The van der Waals surface area contributed by atoms with Gasteiger partial charge >= 0.3 is 0 Å². The van der Waals surface area contributed by atoms with E-state index >= 15 is 0 Å². The molecule has 0 fully saturated rings. The van der Waals surface area contributed by atoms with Crippen molar-refractivity contribution in [2.75, 3.05) is 13.2 Å². The van der Waals surface area contributed by atoms with E-state index < -0.39 is 5.54 Å². The molecule has 1 aromatic carbocycles. The molecule has 1 aromatic heterocycles. The largest absolute Gasteiger partial charge is 0.486 e. The summed E-state index contributed by atoms with van der Waals surface area (Å²) < 4.78 is 11.0. The molecule has 5 heteroatoms. The van der Waals surface area contributed by atoms with Crippen molar-refractivity contribution in [2.24, 2.45) is 0 Å². The Balaban J connectivity index is 1.80. The summed E-state index contributed by atoms with van der Waals surface area (Å²) >= 11 is 0. The molecule has 114 valence electrons. The Kier molecular flexibility index (Phi) is 3.71. The van der Waals surface area contributed by atoms with Crippen LogP contribution in [0.5, 0.6) is 11.5 Å². The highest BCUT2D eigenvalue weighted by Gasteiger charge is 2.25. The lowest BCUT2D eigenvalue weighted by molar-refractivity contribution is 0.0909. The van der Waals surface area contributed by atoms with Gasteiger partial charge in [-0.1, -0.05) is 6.07 Å². The van der Waals surface area contributed by atoms with Crippen LogP contribution in [0, 0.1) is 0 Å². The lowest BCUT2D eigenvalue weighted by atomic mass is 9.99. The third kappa shape index (κ3) is 2.88. The molecule has 0 spiro atoms. The van der Waals surface area contributed by atoms with Gasteiger partial charge in [0.05, 0.1) is 11.2 Å². The van der Waals surface area contributed by atoms with E-state index in [2.05, 4.69) is 10.3 Å². The Labute approximate surface area is 129 Å². The molecule has 0 bridgehead atoms. The zero-order valence-corrected chi connectivity index (χ0v) is 12.6. The number of hydrogen-bond donors (Lipinski definition) is 1. The van der Waals surface area contributed by atoms with E-state index in [9.17, 15) is 4.79 Å². The van der Waals surface area contributed by atoms with Crippen molar-refractivity contribution in [3.63, 3.8) is 0 Å². The average molecular weight is 298 g/mol. The van der Waals surface area contributed by atoms with Crippen LogP contribution in [0.3, 0.4) is 0 Å². The minimum atomic E-state index is -0.564. The number of nitrogens with zero attached hydrogens (tertiary/aromatic N) is 1. The molecule has 0 atom stereocenters. The van der Waals surface area contributed by atoms with Crippen LogP contribution in [0.25, 0.3) is 0 Å². The SMILES string of the molecule is CC(C)(NC(=O)c1ccc2c(c1)OCCO2)c1ccccn1. The fourth-order valence-electron chi connectivity index (χ4n) is 2.34. The van der Waals surface area contributed by atoms with Crippen LogP contribution < -0.4 is 14.8 Å². The molecule has 0 saturated heterocycles. The molecule has 5 nitrogen and oxygen atoms in total. The van der Waals surface area contributed by atoms with Crippen molar-refractivity contribution in [1.82, 2.24) is 10.3 Å². The number of fused-ring (bicyclic) bond motifs is 1. The molecule has 1 aliphatic rings. The highest BCUT2D eigenvalue weighted by molar-refractivity contribution is 5.95. The van der Waals surface area contributed by atoms with Gasteiger partial charge < -0.3 is 14.8 Å². The minimum Gasteiger partial charge on any atom is -0.486 e. The second kappa shape index (κ2) is 5.67. The van der Waals surface area contributed by atoms with Crippen LogP contribution in [-0.2, 0) is 5.54 Å². The fourth-order valence-corrected chi connectivity index (χ4v) is 2.34. The van der Waals surface area contributed by atoms with E-state index in [1.54, 1.807) is 24.4 Å². The number of aromatic nitrogens is 1. The number of hydrogen-bond acceptors (Lipinski definition) is 4. The molecular formula is C17H18N2O3. The van der Waals surface area contributed by atoms with Crippen LogP contribution in [-0.4, -0.2) is 24.1 Å². The van der Waals surface area contributed by atoms with E-state index in [-0.39, 0.29) is 5.91 Å². The Bertz CT molecular complexity index is 684. The quantitative estimate of drug-likeness (QED) is 0.946. The van der Waals surface area contributed by atoms with E-state index in [0.29, 0.717) is 30.3 Å². The maximum absolute atomic E-state index is 12.5. The number of pyridine rings is 1. The molecule has 1 N–H and O–H groups in total. The molecule has 0 unspecified atom stereocenters. The van der Waals surface area contributed by atoms with E-state index in [1.165, 1.54) is 0 Å². The zero-order chi connectivity index (χ0) is 15.6.